The first-order valence-corrected chi connectivity index (χ1v) is 7.13. The van der Waals surface area contributed by atoms with Crippen LogP contribution in [0, 0.1) is 0 Å². The number of ketones is 1. The van der Waals surface area contributed by atoms with Gasteiger partial charge in [-0.15, -0.1) is 0 Å². The monoisotopic (exact) mass is 312 g/mol. The zero-order chi connectivity index (χ0) is 13.2. The number of benzene rings is 2. The van der Waals surface area contributed by atoms with Crippen molar-refractivity contribution in [2.45, 2.75) is 12.8 Å². The van der Waals surface area contributed by atoms with Gasteiger partial charge in [0.1, 0.15) is 0 Å². The zero-order valence-electron chi connectivity index (χ0n) is 10.4. The number of allylic oxidation sites excluding steroid dienone is 1. The third-order valence-electron chi connectivity index (χ3n) is 3.44. The van der Waals surface area contributed by atoms with Crippen LogP contribution in [0.3, 0.4) is 0 Å². The molecule has 0 aliphatic heterocycles. The maximum atomic E-state index is 12.5. The van der Waals surface area contributed by atoms with Gasteiger partial charge in [0.25, 0.3) is 0 Å². The summed E-state index contributed by atoms with van der Waals surface area (Å²) in [6.45, 7) is 0. The van der Waals surface area contributed by atoms with Crippen molar-refractivity contribution in [1.29, 1.82) is 0 Å². The van der Waals surface area contributed by atoms with E-state index in [1.807, 2.05) is 54.6 Å². The molecule has 2 heteroatoms. The van der Waals surface area contributed by atoms with E-state index < -0.39 is 0 Å². The minimum Gasteiger partial charge on any atom is -0.289 e. The zero-order valence-corrected chi connectivity index (χ0v) is 12.0. The first-order chi connectivity index (χ1) is 9.25. The summed E-state index contributed by atoms with van der Waals surface area (Å²) in [6, 6.07) is 15.9. The van der Waals surface area contributed by atoms with Crippen molar-refractivity contribution >= 4 is 27.8 Å². The van der Waals surface area contributed by atoms with Gasteiger partial charge in [-0.3, -0.25) is 4.79 Å². The maximum Gasteiger partial charge on any atom is 0.189 e. The van der Waals surface area contributed by atoms with Crippen LogP contribution < -0.4 is 0 Å². The molecule has 0 atom stereocenters. The lowest BCUT2D eigenvalue weighted by atomic mass is 9.86. The molecule has 0 bridgehead atoms. The van der Waals surface area contributed by atoms with E-state index in [1.54, 1.807) is 0 Å². The maximum absolute atomic E-state index is 12.5. The van der Waals surface area contributed by atoms with Crippen LogP contribution in [0.2, 0.25) is 0 Å². The van der Waals surface area contributed by atoms with Crippen LogP contribution in [-0.2, 0) is 6.42 Å². The summed E-state index contributed by atoms with van der Waals surface area (Å²) < 4.78 is 1.04. The second-order valence-electron chi connectivity index (χ2n) is 4.68. The van der Waals surface area contributed by atoms with Gasteiger partial charge < -0.3 is 0 Å². The molecule has 0 N–H and O–H groups in total. The summed E-state index contributed by atoms with van der Waals surface area (Å²) in [7, 11) is 0. The molecule has 2 aromatic carbocycles. The van der Waals surface area contributed by atoms with Crippen molar-refractivity contribution in [1.82, 2.24) is 0 Å². The average molecular weight is 313 g/mol. The molecule has 1 aliphatic carbocycles. The predicted octanol–water partition coefficient (Wildman–Crippen LogP) is 4.66. The smallest absolute Gasteiger partial charge is 0.189 e. The van der Waals surface area contributed by atoms with Crippen LogP contribution in [0.15, 0.2) is 58.6 Å². The normalized spacial score (nSPS) is 16.5. The Labute approximate surface area is 121 Å². The highest BCUT2D eigenvalue weighted by molar-refractivity contribution is 9.10. The molecule has 94 valence electrons. The summed E-state index contributed by atoms with van der Waals surface area (Å²) in [6.07, 6.45) is 3.73. The molecule has 0 unspecified atom stereocenters. The molecule has 2 aromatic rings. The highest BCUT2D eigenvalue weighted by Gasteiger charge is 2.22. The van der Waals surface area contributed by atoms with Crippen molar-refractivity contribution in [2.75, 3.05) is 0 Å². The van der Waals surface area contributed by atoms with Crippen molar-refractivity contribution in [3.05, 3.63) is 75.3 Å². The van der Waals surface area contributed by atoms with E-state index >= 15 is 0 Å². The number of Topliss-reactive ketones (excluding diaryl/α,β-unsaturated/α-hetero) is 1. The van der Waals surface area contributed by atoms with Gasteiger partial charge in [0.15, 0.2) is 5.78 Å². The standard InChI is InChI=1S/C17H13BrO/c18-16-8-4-7-15-14(16)10-9-13(17(15)19)11-12-5-2-1-3-6-12/h1-8,11H,9-10H2/b13-11+. The third-order valence-corrected chi connectivity index (χ3v) is 4.18. The highest BCUT2D eigenvalue weighted by atomic mass is 79.9. The molecular formula is C17H13BrO. The fourth-order valence-electron chi connectivity index (χ4n) is 2.46. The second-order valence-corrected chi connectivity index (χ2v) is 5.53. The Hall–Kier alpha value is -1.67. The highest BCUT2D eigenvalue weighted by Crippen LogP contribution is 2.31. The van der Waals surface area contributed by atoms with Crippen LogP contribution >= 0.6 is 15.9 Å². The fourth-order valence-corrected chi connectivity index (χ4v) is 3.02. The molecule has 0 amide bonds. The molecule has 1 aliphatic rings. The first-order valence-electron chi connectivity index (χ1n) is 6.33. The Morgan fingerprint density at radius 3 is 2.53 bits per heavy atom. The van der Waals surface area contributed by atoms with Gasteiger partial charge in [0.2, 0.25) is 0 Å². The van der Waals surface area contributed by atoms with Crippen LogP contribution in [-0.4, -0.2) is 5.78 Å². The van der Waals surface area contributed by atoms with E-state index in [4.69, 9.17) is 0 Å². The number of halogens is 1. The Morgan fingerprint density at radius 2 is 1.74 bits per heavy atom. The summed E-state index contributed by atoms with van der Waals surface area (Å²) in [5.41, 5.74) is 3.96. The fraction of sp³-hybridized carbons (Fsp3) is 0.118. The molecule has 0 saturated heterocycles. The van der Waals surface area contributed by atoms with E-state index in [0.717, 1.165) is 39.6 Å². The van der Waals surface area contributed by atoms with Gasteiger partial charge >= 0.3 is 0 Å². The molecule has 0 saturated carbocycles. The molecule has 1 nitrogen and oxygen atoms in total. The lowest BCUT2D eigenvalue weighted by Gasteiger charge is -2.18. The Morgan fingerprint density at radius 1 is 0.947 bits per heavy atom. The van der Waals surface area contributed by atoms with Gasteiger partial charge in [-0.2, -0.15) is 0 Å². The molecular weight excluding hydrogens is 300 g/mol. The lowest BCUT2D eigenvalue weighted by molar-refractivity contribution is 0.102. The van der Waals surface area contributed by atoms with Gasteiger partial charge in [0, 0.05) is 15.6 Å². The lowest BCUT2D eigenvalue weighted by Crippen LogP contribution is -2.14. The van der Waals surface area contributed by atoms with Gasteiger partial charge in [-0.05, 0) is 36.1 Å². The van der Waals surface area contributed by atoms with Crippen molar-refractivity contribution in [2.24, 2.45) is 0 Å². The van der Waals surface area contributed by atoms with Gasteiger partial charge in [0.05, 0.1) is 0 Å². The molecule has 3 rings (SSSR count). The average Bonchev–Trinajstić information content (AvgIpc) is 2.44. The largest absolute Gasteiger partial charge is 0.289 e. The van der Waals surface area contributed by atoms with Crippen LogP contribution in [0.1, 0.15) is 27.9 Å². The molecule has 0 fully saturated rings. The molecule has 0 heterocycles. The number of rotatable bonds is 1. The van der Waals surface area contributed by atoms with Gasteiger partial charge in [-0.1, -0.05) is 58.4 Å². The quantitative estimate of drug-likeness (QED) is 0.700. The first kappa shape index (κ1) is 12.4. The number of hydrogen-bond donors (Lipinski definition) is 0. The van der Waals surface area contributed by atoms with E-state index in [-0.39, 0.29) is 5.78 Å². The topological polar surface area (TPSA) is 17.1 Å². The van der Waals surface area contributed by atoms with E-state index in [0.29, 0.717) is 0 Å². The minimum absolute atomic E-state index is 0.159. The third kappa shape index (κ3) is 2.41. The van der Waals surface area contributed by atoms with E-state index in [1.165, 1.54) is 0 Å². The van der Waals surface area contributed by atoms with E-state index in [2.05, 4.69) is 15.9 Å². The summed E-state index contributed by atoms with van der Waals surface area (Å²) >= 11 is 3.52. The van der Waals surface area contributed by atoms with Crippen LogP contribution in [0.5, 0.6) is 0 Å². The van der Waals surface area contributed by atoms with Gasteiger partial charge in [-0.25, -0.2) is 0 Å². The summed E-state index contributed by atoms with van der Waals surface area (Å²) in [4.78, 5) is 12.5. The van der Waals surface area contributed by atoms with Crippen molar-refractivity contribution in [3.63, 3.8) is 0 Å². The number of hydrogen-bond acceptors (Lipinski definition) is 1. The Bertz CT molecular complexity index is 656. The number of carbonyl (C=O) groups is 1. The van der Waals surface area contributed by atoms with E-state index in [9.17, 15) is 4.79 Å². The number of carbonyl (C=O) groups excluding carboxylic acids is 1. The van der Waals surface area contributed by atoms with Crippen molar-refractivity contribution < 1.29 is 4.79 Å². The summed E-state index contributed by atoms with van der Waals surface area (Å²) in [5, 5.41) is 0. The molecule has 0 radical (unpaired) electrons. The molecule has 0 aromatic heterocycles. The predicted molar refractivity (Wildman–Crippen MR) is 81.2 cm³/mol. The summed E-state index contributed by atoms with van der Waals surface area (Å²) in [5.74, 6) is 0.159. The van der Waals surface area contributed by atoms with Crippen LogP contribution in [0.4, 0.5) is 0 Å². The Kier molecular flexibility index (Phi) is 3.34. The Balaban J connectivity index is 2.01. The van der Waals surface area contributed by atoms with Crippen molar-refractivity contribution in [3.8, 4) is 0 Å². The second kappa shape index (κ2) is 5.14. The number of fused-ring (bicyclic) bond motifs is 1. The molecule has 0 spiro atoms. The minimum atomic E-state index is 0.159. The SMILES string of the molecule is O=C1/C(=C/c2ccccc2)CCc2c(Br)cccc21. The van der Waals surface area contributed by atoms with Crippen LogP contribution in [0.25, 0.3) is 6.08 Å². The molecule has 19 heavy (non-hydrogen) atoms.